The molecule has 0 aromatic carbocycles. The molecular formula is C9H16N2. The standard InChI is InChI=1S/C9H16N2/c1-11(2)10-8-9-6-4-3-5-7-9/h6,8H,3-5,7H2,1-2H3/b10-8+. The lowest BCUT2D eigenvalue weighted by atomic mass is 10.0. The van der Waals surface area contributed by atoms with Crippen LogP contribution in [0.25, 0.3) is 0 Å². The van der Waals surface area contributed by atoms with Crippen molar-refractivity contribution in [3.63, 3.8) is 0 Å². The molecule has 0 bridgehead atoms. The summed E-state index contributed by atoms with van der Waals surface area (Å²) in [6.07, 6.45) is 9.37. The van der Waals surface area contributed by atoms with Crippen molar-refractivity contribution in [3.8, 4) is 0 Å². The molecule has 0 radical (unpaired) electrons. The molecule has 0 heterocycles. The van der Waals surface area contributed by atoms with E-state index in [4.69, 9.17) is 0 Å². The van der Waals surface area contributed by atoms with Crippen molar-refractivity contribution in [3.05, 3.63) is 11.6 Å². The molecule has 0 aromatic heterocycles. The maximum atomic E-state index is 4.19. The maximum Gasteiger partial charge on any atom is 0.0499 e. The number of rotatable bonds is 2. The summed E-state index contributed by atoms with van der Waals surface area (Å²) in [4.78, 5) is 0. The third-order valence-corrected chi connectivity index (χ3v) is 1.78. The molecule has 0 atom stereocenters. The van der Waals surface area contributed by atoms with E-state index in [0.717, 1.165) is 0 Å². The first kappa shape index (κ1) is 8.31. The molecule has 1 aliphatic rings. The van der Waals surface area contributed by atoms with Gasteiger partial charge in [-0.15, -0.1) is 0 Å². The van der Waals surface area contributed by atoms with Gasteiger partial charge in [-0.05, 0) is 31.3 Å². The van der Waals surface area contributed by atoms with Gasteiger partial charge in [0.25, 0.3) is 0 Å². The highest BCUT2D eigenvalue weighted by molar-refractivity contribution is 5.78. The van der Waals surface area contributed by atoms with Crippen LogP contribution < -0.4 is 0 Å². The highest BCUT2D eigenvalue weighted by Gasteiger charge is 1.99. The van der Waals surface area contributed by atoms with Gasteiger partial charge in [0.05, 0.1) is 0 Å². The van der Waals surface area contributed by atoms with Crippen molar-refractivity contribution >= 4 is 6.21 Å². The Morgan fingerprint density at radius 1 is 1.45 bits per heavy atom. The fraction of sp³-hybridized carbons (Fsp3) is 0.667. The van der Waals surface area contributed by atoms with E-state index in [9.17, 15) is 0 Å². The molecule has 0 saturated heterocycles. The SMILES string of the molecule is CN(C)/N=C/C1=CCCCC1. The van der Waals surface area contributed by atoms with Crippen molar-refractivity contribution in [2.24, 2.45) is 5.10 Å². The van der Waals surface area contributed by atoms with Gasteiger partial charge in [0.1, 0.15) is 0 Å². The number of hydrazone groups is 1. The Bertz CT molecular complexity index is 168. The van der Waals surface area contributed by atoms with Crippen molar-refractivity contribution in [1.29, 1.82) is 0 Å². The van der Waals surface area contributed by atoms with Crippen molar-refractivity contribution in [2.75, 3.05) is 14.1 Å². The summed E-state index contributed by atoms with van der Waals surface area (Å²) >= 11 is 0. The molecule has 0 N–H and O–H groups in total. The Hall–Kier alpha value is -0.790. The molecule has 0 aliphatic heterocycles. The van der Waals surface area contributed by atoms with Gasteiger partial charge in [-0.25, -0.2) is 0 Å². The molecule has 0 amide bonds. The normalized spacial score (nSPS) is 18.5. The maximum absolute atomic E-state index is 4.19. The third kappa shape index (κ3) is 3.21. The van der Waals surface area contributed by atoms with Crippen LogP contribution in [0.5, 0.6) is 0 Å². The molecular weight excluding hydrogens is 136 g/mol. The summed E-state index contributed by atoms with van der Waals surface area (Å²) in [7, 11) is 3.89. The second-order valence-electron chi connectivity index (χ2n) is 3.12. The predicted molar refractivity (Wildman–Crippen MR) is 48.7 cm³/mol. The summed E-state index contributed by atoms with van der Waals surface area (Å²) in [6.45, 7) is 0. The Morgan fingerprint density at radius 3 is 2.82 bits per heavy atom. The smallest absolute Gasteiger partial charge is 0.0499 e. The quantitative estimate of drug-likeness (QED) is 0.436. The zero-order valence-corrected chi connectivity index (χ0v) is 7.38. The van der Waals surface area contributed by atoms with Crippen LogP contribution in [0.3, 0.4) is 0 Å². The minimum atomic E-state index is 1.21. The predicted octanol–water partition coefficient (Wildman–Crippen LogP) is 2.03. The first-order valence-electron chi connectivity index (χ1n) is 4.19. The molecule has 2 heteroatoms. The van der Waals surface area contributed by atoms with Crippen molar-refractivity contribution < 1.29 is 0 Å². The van der Waals surface area contributed by atoms with Gasteiger partial charge in [-0.1, -0.05) is 6.08 Å². The van der Waals surface area contributed by atoms with Crippen LogP contribution in [-0.4, -0.2) is 25.3 Å². The van der Waals surface area contributed by atoms with Gasteiger partial charge in [0.2, 0.25) is 0 Å². The second kappa shape index (κ2) is 4.16. The third-order valence-electron chi connectivity index (χ3n) is 1.78. The van der Waals surface area contributed by atoms with Crippen LogP contribution in [0, 0.1) is 0 Å². The van der Waals surface area contributed by atoms with E-state index in [1.165, 1.54) is 31.3 Å². The van der Waals surface area contributed by atoms with E-state index in [0.29, 0.717) is 0 Å². The van der Waals surface area contributed by atoms with Crippen LogP contribution in [0.4, 0.5) is 0 Å². The first-order valence-corrected chi connectivity index (χ1v) is 4.19. The topological polar surface area (TPSA) is 15.6 Å². The molecule has 1 aliphatic carbocycles. The lowest BCUT2D eigenvalue weighted by molar-refractivity contribution is 0.440. The molecule has 0 saturated carbocycles. The largest absolute Gasteiger partial charge is 0.303 e. The van der Waals surface area contributed by atoms with E-state index in [1.807, 2.05) is 25.3 Å². The Morgan fingerprint density at radius 2 is 2.27 bits per heavy atom. The average molecular weight is 152 g/mol. The zero-order chi connectivity index (χ0) is 8.10. The number of hydrogen-bond donors (Lipinski definition) is 0. The van der Waals surface area contributed by atoms with Crippen molar-refractivity contribution in [2.45, 2.75) is 25.7 Å². The van der Waals surface area contributed by atoms with Gasteiger partial charge in [0.15, 0.2) is 0 Å². The minimum Gasteiger partial charge on any atom is -0.303 e. The zero-order valence-electron chi connectivity index (χ0n) is 7.38. The van der Waals surface area contributed by atoms with Crippen LogP contribution in [0.1, 0.15) is 25.7 Å². The summed E-state index contributed by atoms with van der Waals surface area (Å²) in [5, 5.41) is 6.02. The molecule has 11 heavy (non-hydrogen) atoms. The first-order chi connectivity index (χ1) is 5.29. The monoisotopic (exact) mass is 152 g/mol. The van der Waals surface area contributed by atoms with E-state index in [2.05, 4.69) is 11.2 Å². The van der Waals surface area contributed by atoms with Crippen LogP contribution in [0.15, 0.2) is 16.8 Å². The van der Waals surface area contributed by atoms with Gasteiger partial charge in [-0.2, -0.15) is 5.10 Å². The second-order valence-corrected chi connectivity index (χ2v) is 3.12. The van der Waals surface area contributed by atoms with E-state index >= 15 is 0 Å². The highest BCUT2D eigenvalue weighted by atomic mass is 15.4. The number of nitrogens with zero attached hydrogens (tertiary/aromatic N) is 2. The van der Waals surface area contributed by atoms with Gasteiger partial charge < -0.3 is 5.01 Å². The van der Waals surface area contributed by atoms with E-state index < -0.39 is 0 Å². The lowest BCUT2D eigenvalue weighted by Crippen LogP contribution is -2.03. The van der Waals surface area contributed by atoms with Crippen molar-refractivity contribution in [1.82, 2.24) is 5.01 Å². The summed E-state index contributed by atoms with van der Waals surface area (Å²) in [5.74, 6) is 0. The van der Waals surface area contributed by atoms with Crippen LogP contribution in [-0.2, 0) is 0 Å². The lowest BCUT2D eigenvalue weighted by Gasteiger charge is -2.09. The molecule has 0 spiro atoms. The molecule has 62 valence electrons. The molecule has 0 unspecified atom stereocenters. The summed E-state index contributed by atoms with van der Waals surface area (Å²) in [5.41, 5.74) is 1.39. The van der Waals surface area contributed by atoms with E-state index in [-0.39, 0.29) is 0 Å². The molecule has 1 rings (SSSR count). The molecule has 0 fully saturated rings. The van der Waals surface area contributed by atoms with Gasteiger partial charge in [-0.3, -0.25) is 0 Å². The van der Waals surface area contributed by atoms with Crippen LogP contribution in [0.2, 0.25) is 0 Å². The molecule has 0 aromatic rings. The Balaban J connectivity index is 2.41. The number of hydrogen-bond acceptors (Lipinski definition) is 2. The summed E-state index contributed by atoms with van der Waals surface area (Å²) < 4.78 is 0. The van der Waals surface area contributed by atoms with Gasteiger partial charge in [0, 0.05) is 20.3 Å². The average Bonchev–Trinajstić information content (AvgIpc) is 2.03. The number of allylic oxidation sites excluding steroid dienone is 2. The highest BCUT2D eigenvalue weighted by Crippen LogP contribution is 2.15. The van der Waals surface area contributed by atoms with Crippen LogP contribution >= 0.6 is 0 Å². The Labute approximate surface area is 68.6 Å². The fourth-order valence-electron chi connectivity index (χ4n) is 1.17. The molecule has 2 nitrogen and oxygen atoms in total. The van der Waals surface area contributed by atoms with Gasteiger partial charge >= 0.3 is 0 Å². The fourth-order valence-corrected chi connectivity index (χ4v) is 1.17. The Kier molecular flexibility index (Phi) is 3.14. The van der Waals surface area contributed by atoms with E-state index in [1.54, 1.807) is 0 Å². The minimum absolute atomic E-state index is 1.21. The summed E-state index contributed by atoms with van der Waals surface area (Å²) in [6, 6.07) is 0.